The average molecular weight is 441 g/mol. The number of hydrogen-bond donors (Lipinski definition) is 0. The van der Waals surface area contributed by atoms with Crippen molar-refractivity contribution in [2.45, 2.75) is 52.9 Å². The van der Waals surface area contributed by atoms with E-state index in [0.29, 0.717) is 12.1 Å². The van der Waals surface area contributed by atoms with Gasteiger partial charge in [0.1, 0.15) is 24.8 Å². The third-order valence-electron chi connectivity index (χ3n) is 6.96. The van der Waals surface area contributed by atoms with Crippen LogP contribution in [0.4, 0.5) is 11.4 Å². The van der Waals surface area contributed by atoms with E-state index < -0.39 is 0 Å². The van der Waals surface area contributed by atoms with Crippen molar-refractivity contribution in [2.24, 2.45) is 0 Å². The molecule has 2 aliphatic rings. The number of rotatable bonds is 4. The molecule has 0 saturated carbocycles. The van der Waals surface area contributed by atoms with E-state index in [1.807, 2.05) is 0 Å². The number of benzene rings is 2. The maximum Gasteiger partial charge on any atom is 0.249 e. The van der Waals surface area contributed by atoms with Crippen LogP contribution in [0.5, 0.6) is 0 Å². The van der Waals surface area contributed by atoms with E-state index in [0.717, 1.165) is 19.8 Å². The molecule has 0 aliphatic carbocycles. The molecule has 0 spiro atoms. The van der Waals surface area contributed by atoms with Gasteiger partial charge in [0.15, 0.2) is 11.4 Å². The summed E-state index contributed by atoms with van der Waals surface area (Å²) in [5.74, 6) is 0. The first-order valence-corrected chi connectivity index (χ1v) is 11.9. The quantitative estimate of drug-likeness (QED) is 0.442. The molecule has 6 nitrogen and oxygen atoms in total. The van der Waals surface area contributed by atoms with E-state index in [-0.39, 0.29) is 0 Å². The largest absolute Gasteiger partial charge is 0.346 e. The van der Waals surface area contributed by atoms with Gasteiger partial charge in [0.2, 0.25) is 12.7 Å². The summed E-state index contributed by atoms with van der Waals surface area (Å²) in [5.41, 5.74) is 8.00. The highest BCUT2D eigenvalue weighted by Crippen LogP contribution is 2.43. The molecule has 0 fully saturated rings. The highest BCUT2D eigenvalue weighted by Gasteiger charge is 2.35. The standard InChI is InChI=1S/C27H32N6/c1-20(2)28-11-13-30(17-28)24-9-5-7-22-15-33-19-32(26(22)24)16-23-8-6-10-25(27(23)33)31-14-12-29(18-31)21(3)4/h5-14,17-18,20-21H,15-16,19H2,1-4H3/q+2. The smallest absolute Gasteiger partial charge is 0.249 e. The molecule has 0 radical (unpaired) electrons. The molecule has 0 N–H and O–H groups in total. The van der Waals surface area contributed by atoms with Crippen molar-refractivity contribution >= 4 is 11.4 Å². The molecule has 2 aliphatic heterocycles. The minimum atomic E-state index is 0.449. The minimum absolute atomic E-state index is 0.449. The van der Waals surface area contributed by atoms with Crippen LogP contribution in [0.15, 0.2) is 73.8 Å². The second kappa shape index (κ2) is 7.51. The minimum Gasteiger partial charge on any atom is -0.346 e. The van der Waals surface area contributed by atoms with Gasteiger partial charge < -0.3 is 9.80 Å². The van der Waals surface area contributed by atoms with Crippen molar-refractivity contribution < 1.29 is 9.13 Å². The zero-order valence-electron chi connectivity index (χ0n) is 19.9. The lowest BCUT2D eigenvalue weighted by Gasteiger charge is -2.45. The van der Waals surface area contributed by atoms with Gasteiger partial charge >= 0.3 is 0 Å². The van der Waals surface area contributed by atoms with Crippen LogP contribution < -0.4 is 18.9 Å². The Balaban J connectivity index is 1.42. The number of fused-ring (bicyclic) bond motifs is 6. The fraction of sp³-hybridized carbons (Fsp3) is 0.333. The zero-order chi connectivity index (χ0) is 22.7. The van der Waals surface area contributed by atoms with Gasteiger partial charge in [-0.3, -0.25) is 0 Å². The molecule has 0 amide bonds. The lowest BCUT2D eigenvalue weighted by Crippen LogP contribution is -2.47. The number of anilines is 2. The number of nitrogens with zero attached hydrogens (tertiary/aromatic N) is 6. The SMILES string of the molecule is CC(C)[n+]1ccn(-c2cccc3c2N2Cc4cccc(-n5cc[n+](C(C)C)c5)c4N(C3)C2)c1. The maximum atomic E-state index is 2.53. The number of para-hydroxylation sites is 2. The number of imidazole rings is 2. The van der Waals surface area contributed by atoms with Crippen LogP contribution in [0.3, 0.4) is 0 Å². The van der Waals surface area contributed by atoms with Gasteiger partial charge in [-0.25, -0.2) is 18.3 Å². The second-order valence-corrected chi connectivity index (χ2v) is 9.83. The number of aromatic nitrogens is 4. The van der Waals surface area contributed by atoms with E-state index >= 15 is 0 Å². The molecule has 4 heterocycles. The summed E-state index contributed by atoms with van der Waals surface area (Å²) in [5, 5.41) is 0. The van der Waals surface area contributed by atoms with Crippen molar-refractivity contribution in [1.29, 1.82) is 0 Å². The van der Waals surface area contributed by atoms with Gasteiger partial charge in [-0.1, -0.05) is 24.3 Å². The topological polar surface area (TPSA) is 24.1 Å². The van der Waals surface area contributed by atoms with Gasteiger partial charge in [0.05, 0.1) is 30.1 Å². The van der Waals surface area contributed by atoms with Gasteiger partial charge in [-0.2, -0.15) is 0 Å². The van der Waals surface area contributed by atoms with Crippen LogP contribution in [0.1, 0.15) is 50.9 Å². The van der Waals surface area contributed by atoms with Crippen molar-refractivity contribution in [2.75, 3.05) is 16.5 Å². The Morgan fingerprint density at radius 1 is 0.667 bits per heavy atom. The molecule has 168 valence electrons. The summed E-state index contributed by atoms with van der Waals surface area (Å²) in [6.07, 6.45) is 13.1. The number of hydrogen-bond acceptors (Lipinski definition) is 2. The molecular formula is C27H32N6+2. The molecule has 2 aromatic carbocycles. The van der Waals surface area contributed by atoms with Crippen LogP contribution in [-0.2, 0) is 13.1 Å². The summed E-state index contributed by atoms with van der Waals surface area (Å²) in [4.78, 5) is 5.06. The predicted octanol–water partition coefficient (Wildman–Crippen LogP) is 4.30. The molecule has 0 saturated heterocycles. The van der Waals surface area contributed by atoms with Crippen LogP contribution in [0.25, 0.3) is 11.4 Å². The van der Waals surface area contributed by atoms with Gasteiger partial charge in [0.25, 0.3) is 0 Å². The Hall–Kier alpha value is -3.54. The lowest BCUT2D eigenvalue weighted by atomic mass is 9.99. The Bertz CT molecular complexity index is 1230. The van der Waals surface area contributed by atoms with Crippen LogP contribution >= 0.6 is 0 Å². The van der Waals surface area contributed by atoms with E-state index in [4.69, 9.17) is 0 Å². The molecule has 2 bridgehead atoms. The monoisotopic (exact) mass is 440 g/mol. The Labute approximate surface area is 195 Å². The van der Waals surface area contributed by atoms with Gasteiger partial charge in [-0.15, -0.1) is 0 Å². The van der Waals surface area contributed by atoms with Crippen molar-refractivity contribution in [3.63, 3.8) is 0 Å². The molecule has 0 unspecified atom stereocenters. The van der Waals surface area contributed by atoms with Crippen molar-refractivity contribution in [3.05, 3.63) is 85.0 Å². The second-order valence-electron chi connectivity index (χ2n) is 9.83. The van der Waals surface area contributed by atoms with Gasteiger partial charge in [0, 0.05) is 13.1 Å². The maximum absolute atomic E-state index is 2.53. The summed E-state index contributed by atoms with van der Waals surface area (Å²) in [6.45, 7) is 11.6. The summed E-state index contributed by atoms with van der Waals surface area (Å²) < 4.78 is 9.05. The molecule has 4 aromatic rings. The fourth-order valence-corrected chi connectivity index (χ4v) is 5.21. The van der Waals surface area contributed by atoms with E-state index in [1.165, 1.54) is 33.9 Å². The highest BCUT2D eigenvalue weighted by molar-refractivity contribution is 5.77. The van der Waals surface area contributed by atoms with Gasteiger partial charge in [-0.05, 0) is 51.0 Å². The first-order valence-electron chi connectivity index (χ1n) is 11.9. The van der Waals surface area contributed by atoms with Crippen molar-refractivity contribution in [1.82, 2.24) is 9.13 Å². The highest BCUT2D eigenvalue weighted by atomic mass is 15.4. The van der Waals surface area contributed by atoms with E-state index in [2.05, 4.69) is 130 Å². The van der Waals surface area contributed by atoms with Crippen LogP contribution in [0.2, 0.25) is 0 Å². The summed E-state index contributed by atoms with van der Waals surface area (Å²) >= 11 is 0. The normalized spacial score (nSPS) is 14.7. The predicted molar refractivity (Wildman–Crippen MR) is 130 cm³/mol. The summed E-state index contributed by atoms with van der Waals surface area (Å²) in [7, 11) is 0. The van der Waals surface area contributed by atoms with E-state index in [1.54, 1.807) is 0 Å². The zero-order valence-corrected chi connectivity index (χ0v) is 19.9. The van der Waals surface area contributed by atoms with E-state index in [9.17, 15) is 0 Å². The van der Waals surface area contributed by atoms with Crippen molar-refractivity contribution in [3.8, 4) is 11.4 Å². The Kier molecular flexibility index (Phi) is 4.57. The lowest BCUT2D eigenvalue weighted by molar-refractivity contribution is -0.715. The third-order valence-corrected chi connectivity index (χ3v) is 6.96. The Morgan fingerprint density at radius 2 is 1.12 bits per heavy atom. The molecule has 0 atom stereocenters. The van der Waals surface area contributed by atoms with Crippen LogP contribution in [-0.4, -0.2) is 15.8 Å². The molecule has 6 rings (SSSR count). The fourth-order valence-electron chi connectivity index (χ4n) is 5.21. The summed E-state index contributed by atoms with van der Waals surface area (Å²) in [6, 6.07) is 14.4. The molecule has 6 heteroatoms. The first kappa shape index (κ1) is 20.1. The molecular weight excluding hydrogens is 408 g/mol. The third kappa shape index (κ3) is 3.24. The molecule has 2 aromatic heterocycles. The first-order chi connectivity index (χ1) is 16.0. The molecule has 33 heavy (non-hydrogen) atoms. The average Bonchev–Trinajstić information content (AvgIpc) is 3.49. The Morgan fingerprint density at radius 3 is 1.52 bits per heavy atom. The van der Waals surface area contributed by atoms with Crippen LogP contribution in [0, 0.1) is 0 Å².